The average molecular weight is 372 g/mol. The first kappa shape index (κ1) is 18.2. The van der Waals surface area contributed by atoms with Crippen LogP contribution in [0.1, 0.15) is 19.8 Å². The lowest BCUT2D eigenvalue weighted by atomic mass is 9.92. The summed E-state index contributed by atoms with van der Waals surface area (Å²) in [6.45, 7) is 3.01. The van der Waals surface area contributed by atoms with E-state index in [1.165, 1.54) is 11.3 Å². The van der Waals surface area contributed by atoms with E-state index in [2.05, 4.69) is 22.5 Å². The van der Waals surface area contributed by atoms with E-state index in [-0.39, 0.29) is 24.2 Å². The molecule has 3 rings (SSSR count). The molecule has 0 bridgehead atoms. The number of rotatable bonds is 3. The van der Waals surface area contributed by atoms with Gasteiger partial charge in [0.15, 0.2) is 5.13 Å². The summed E-state index contributed by atoms with van der Waals surface area (Å²) in [5.74, 6) is 0.143. The molecule has 0 unspecified atom stereocenters. The van der Waals surface area contributed by atoms with Crippen LogP contribution >= 0.6 is 35.3 Å². The van der Waals surface area contributed by atoms with Gasteiger partial charge in [-0.3, -0.25) is 4.79 Å². The molecular formula is C16H19Cl2N3OS. The van der Waals surface area contributed by atoms with Crippen LogP contribution in [0.25, 0.3) is 11.3 Å². The van der Waals surface area contributed by atoms with Gasteiger partial charge in [0.25, 0.3) is 0 Å². The van der Waals surface area contributed by atoms with Crippen LogP contribution in [-0.4, -0.2) is 23.5 Å². The highest BCUT2D eigenvalue weighted by molar-refractivity contribution is 7.14. The Morgan fingerprint density at radius 2 is 2.13 bits per heavy atom. The monoisotopic (exact) mass is 371 g/mol. The van der Waals surface area contributed by atoms with Crippen molar-refractivity contribution < 1.29 is 4.79 Å². The number of carbonyl (C=O) groups is 1. The van der Waals surface area contributed by atoms with Crippen molar-refractivity contribution in [1.82, 2.24) is 10.3 Å². The Balaban J connectivity index is 0.00000192. The number of carbonyl (C=O) groups excluding carboxylic acids is 1. The Bertz CT molecular complexity index is 660. The first-order chi connectivity index (χ1) is 10.6. The lowest BCUT2D eigenvalue weighted by molar-refractivity contribution is -0.120. The average Bonchev–Trinajstić information content (AvgIpc) is 2.96. The Kier molecular flexibility index (Phi) is 6.41. The molecule has 7 heteroatoms. The minimum atomic E-state index is 0. The maximum atomic E-state index is 12.3. The van der Waals surface area contributed by atoms with Crippen molar-refractivity contribution in [3.63, 3.8) is 0 Å². The van der Waals surface area contributed by atoms with E-state index in [0.29, 0.717) is 16.2 Å². The number of thiazole rings is 1. The van der Waals surface area contributed by atoms with E-state index in [1.54, 1.807) is 0 Å². The minimum Gasteiger partial charge on any atom is -0.314 e. The second kappa shape index (κ2) is 8.11. The summed E-state index contributed by atoms with van der Waals surface area (Å²) in [5.41, 5.74) is 1.85. The fourth-order valence-corrected chi connectivity index (χ4v) is 3.51. The van der Waals surface area contributed by atoms with Crippen LogP contribution < -0.4 is 10.6 Å². The van der Waals surface area contributed by atoms with Gasteiger partial charge in [-0.1, -0.05) is 23.7 Å². The van der Waals surface area contributed by atoms with E-state index in [9.17, 15) is 4.79 Å². The third-order valence-corrected chi connectivity index (χ3v) is 4.88. The van der Waals surface area contributed by atoms with Crippen LogP contribution in [0.15, 0.2) is 29.6 Å². The van der Waals surface area contributed by atoms with Crippen LogP contribution in [-0.2, 0) is 4.79 Å². The van der Waals surface area contributed by atoms with Crippen molar-refractivity contribution in [1.29, 1.82) is 0 Å². The second-order valence-electron chi connectivity index (χ2n) is 5.61. The van der Waals surface area contributed by atoms with Crippen molar-refractivity contribution >= 4 is 46.4 Å². The number of amides is 1. The van der Waals surface area contributed by atoms with Gasteiger partial charge in [-0.15, -0.1) is 23.7 Å². The number of aromatic nitrogens is 1. The molecule has 0 radical (unpaired) electrons. The van der Waals surface area contributed by atoms with Crippen LogP contribution in [0.5, 0.6) is 0 Å². The van der Waals surface area contributed by atoms with Gasteiger partial charge in [-0.25, -0.2) is 4.98 Å². The maximum absolute atomic E-state index is 12.3. The Morgan fingerprint density at radius 1 is 1.39 bits per heavy atom. The summed E-state index contributed by atoms with van der Waals surface area (Å²) in [4.78, 5) is 16.8. The third kappa shape index (κ3) is 4.67. The van der Waals surface area contributed by atoms with Crippen molar-refractivity contribution in [2.45, 2.75) is 25.8 Å². The van der Waals surface area contributed by atoms with Gasteiger partial charge in [-0.05, 0) is 38.4 Å². The van der Waals surface area contributed by atoms with Gasteiger partial charge < -0.3 is 10.6 Å². The zero-order valence-electron chi connectivity index (χ0n) is 12.7. The highest BCUT2D eigenvalue weighted by Gasteiger charge is 2.25. The van der Waals surface area contributed by atoms with E-state index < -0.39 is 0 Å². The third-order valence-electron chi connectivity index (χ3n) is 3.87. The summed E-state index contributed by atoms with van der Waals surface area (Å²) >= 11 is 7.34. The highest BCUT2D eigenvalue weighted by atomic mass is 35.5. The molecule has 1 saturated heterocycles. The van der Waals surface area contributed by atoms with Crippen molar-refractivity contribution in [2.75, 3.05) is 11.9 Å². The Morgan fingerprint density at radius 3 is 2.83 bits per heavy atom. The van der Waals surface area contributed by atoms with E-state index >= 15 is 0 Å². The molecule has 23 heavy (non-hydrogen) atoms. The molecule has 1 amide bonds. The minimum absolute atomic E-state index is 0. The molecule has 124 valence electrons. The molecule has 1 fully saturated rings. The smallest absolute Gasteiger partial charge is 0.229 e. The molecule has 2 heterocycles. The topological polar surface area (TPSA) is 54.0 Å². The van der Waals surface area contributed by atoms with Crippen LogP contribution in [0.3, 0.4) is 0 Å². The first-order valence-electron chi connectivity index (χ1n) is 7.37. The molecule has 1 aliphatic heterocycles. The van der Waals surface area contributed by atoms with Gasteiger partial charge in [0.1, 0.15) is 0 Å². The number of piperidine rings is 1. The molecule has 2 aromatic rings. The van der Waals surface area contributed by atoms with Crippen molar-refractivity contribution in [3.05, 3.63) is 34.7 Å². The lowest BCUT2D eigenvalue weighted by Gasteiger charge is -2.26. The summed E-state index contributed by atoms with van der Waals surface area (Å²) in [6.07, 6.45) is 1.76. The predicted molar refractivity (Wildman–Crippen MR) is 98.6 cm³/mol. The number of anilines is 1. The van der Waals surface area contributed by atoms with Gasteiger partial charge in [0, 0.05) is 27.9 Å². The second-order valence-corrected chi connectivity index (χ2v) is 6.91. The molecule has 1 aromatic heterocycles. The number of nitrogens with one attached hydrogen (secondary N) is 2. The maximum Gasteiger partial charge on any atom is 0.229 e. The molecular weight excluding hydrogens is 353 g/mol. The van der Waals surface area contributed by atoms with Gasteiger partial charge in [0.05, 0.1) is 5.69 Å². The number of halogens is 2. The van der Waals surface area contributed by atoms with E-state index in [1.807, 2.05) is 29.6 Å². The lowest BCUT2D eigenvalue weighted by Crippen LogP contribution is -2.40. The molecule has 2 N–H and O–H groups in total. The highest BCUT2D eigenvalue weighted by Crippen LogP contribution is 2.27. The summed E-state index contributed by atoms with van der Waals surface area (Å²) < 4.78 is 0. The quantitative estimate of drug-likeness (QED) is 0.849. The number of hydrogen-bond acceptors (Lipinski definition) is 4. The molecule has 1 aromatic carbocycles. The summed E-state index contributed by atoms with van der Waals surface area (Å²) in [6, 6.07) is 7.93. The number of benzene rings is 1. The molecule has 2 atom stereocenters. The first-order valence-corrected chi connectivity index (χ1v) is 8.63. The molecule has 4 nitrogen and oxygen atoms in total. The zero-order chi connectivity index (χ0) is 15.5. The van der Waals surface area contributed by atoms with Crippen molar-refractivity contribution in [3.8, 4) is 11.3 Å². The Labute approximate surface area is 151 Å². The molecule has 0 saturated carbocycles. The van der Waals surface area contributed by atoms with Gasteiger partial charge in [-0.2, -0.15) is 0 Å². The number of nitrogens with zero attached hydrogens (tertiary/aromatic N) is 1. The fraction of sp³-hybridized carbons (Fsp3) is 0.375. The number of hydrogen-bond donors (Lipinski definition) is 2. The standard InChI is InChI=1S/C16H18ClN3OS.ClH/c1-10-8-12(6-7-18-10)15(21)20-16-19-14(9-22-16)11-2-4-13(17)5-3-11;/h2-5,9-10,12,18H,6-8H2,1H3,(H,19,20,21);1H/t10-,12-;/m0./s1. The van der Waals surface area contributed by atoms with Crippen LogP contribution in [0, 0.1) is 5.92 Å². The van der Waals surface area contributed by atoms with Gasteiger partial charge >= 0.3 is 0 Å². The largest absolute Gasteiger partial charge is 0.314 e. The zero-order valence-corrected chi connectivity index (χ0v) is 15.1. The van der Waals surface area contributed by atoms with Crippen molar-refractivity contribution in [2.24, 2.45) is 5.92 Å². The predicted octanol–water partition coefficient (Wildman–Crippen LogP) is 4.21. The SMILES string of the molecule is C[C@H]1C[C@@H](C(=O)Nc2nc(-c3ccc(Cl)cc3)cs2)CCN1.Cl. The van der Waals surface area contributed by atoms with Gasteiger partial charge in [0.2, 0.25) is 5.91 Å². The summed E-state index contributed by atoms with van der Waals surface area (Å²) in [7, 11) is 0. The van der Waals surface area contributed by atoms with Crippen LogP contribution in [0.2, 0.25) is 5.02 Å². The molecule has 1 aliphatic rings. The van der Waals surface area contributed by atoms with Crippen LogP contribution in [0.4, 0.5) is 5.13 Å². The fourth-order valence-electron chi connectivity index (χ4n) is 2.66. The Hall–Kier alpha value is -1.14. The van der Waals surface area contributed by atoms with E-state index in [0.717, 1.165) is 30.6 Å². The van der Waals surface area contributed by atoms with E-state index in [4.69, 9.17) is 11.6 Å². The molecule has 0 spiro atoms. The summed E-state index contributed by atoms with van der Waals surface area (Å²) in [5, 5.41) is 9.61. The normalized spacial score (nSPS) is 20.6. The molecule has 0 aliphatic carbocycles.